The van der Waals surface area contributed by atoms with Crippen molar-refractivity contribution < 1.29 is 9.90 Å². The molecule has 0 saturated carbocycles. The van der Waals surface area contributed by atoms with Gasteiger partial charge in [-0.1, -0.05) is 49.2 Å². The van der Waals surface area contributed by atoms with E-state index in [1.54, 1.807) is 24.3 Å². The fourth-order valence-electron chi connectivity index (χ4n) is 2.67. The van der Waals surface area contributed by atoms with Gasteiger partial charge in [-0.25, -0.2) is 4.79 Å². The quantitative estimate of drug-likeness (QED) is 0.647. The van der Waals surface area contributed by atoms with Gasteiger partial charge >= 0.3 is 5.97 Å². The second kappa shape index (κ2) is 7.53. The first-order valence-corrected chi connectivity index (χ1v) is 8.64. The van der Waals surface area contributed by atoms with Crippen LogP contribution < -0.4 is 0 Å². The van der Waals surface area contributed by atoms with Gasteiger partial charge in [-0.15, -0.1) is 0 Å². The smallest absolute Gasteiger partial charge is 0.335 e. The first kappa shape index (κ1) is 17.2. The van der Waals surface area contributed by atoms with Gasteiger partial charge in [0.05, 0.1) is 17.0 Å². The van der Waals surface area contributed by atoms with Crippen LogP contribution in [-0.4, -0.2) is 20.9 Å². The molecule has 0 bridgehead atoms. The Kier molecular flexibility index (Phi) is 5.19. The van der Waals surface area contributed by atoms with Gasteiger partial charge < -0.3 is 5.11 Å². The minimum Gasteiger partial charge on any atom is -0.478 e. The number of halogens is 1. The molecule has 2 aromatic carbocycles. The third-order valence-electron chi connectivity index (χ3n) is 4.07. The first-order valence-electron chi connectivity index (χ1n) is 8.26. The van der Waals surface area contributed by atoms with Crippen molar-refractivity contribution >= 4 is 17.6 Å². The van der Waals surface area contributed by atoms with Crippen molar-refractivity contribution in [3.63, 3.8) is 0 Å². The number of aromatic carboxylic acids is 1. The van der Waals surface area contributed by atoms with Crippen molar-refractivity contribution in [2.45, 2.75) is 26.3 Å². The Labute approximate surface area is 151 Å². The Bertz CT molecular complexity index is 868. The summed E-state index contributed by atoms with van der Waals surface area (Å²) in [5.41, 5.74) is 4.09. The van der Waals surface area contributed by atoms with Crippen LogP contribution in [0, 0.1) is 0 Å². The molecule has 1 heterocycles. The number of hydrogen-bond donors (Lipinski definition) is 1. The predicted octanol–water partition coefficient (Wildman–Crippen LogP) is 5.37. The largest absolute Gasteiger partial charge is 0.478 e. The predicted molar refractivity (Wildman–Crippen MR) is 100.0 cm³/mol. The number of carboxylic acids is 1. The molecule has 5 heteroatoms. The molecule has 3 aromatic rings. The molecule has 0 aliphatic rings. The van der Waals surface area contributed by atoms with E-state index in [0.29, 0.717) is 5.02 Å². The van der Waals surface area contributed by atoms with Crippen molar-refractivity contribution in [3.8, 4) is 22.5 Å². The second-order valence-electron chi connectivity index (χ2n) is 5.88. The summed E-state index contributed by atoms with van der Waals surface area (Å²) in [6.45, 7) is 2.98. The van der Waals surface area contributed by atoms with Gasteiger partial charge in [0.1, 0.15) is 0 Å². The van der Waals surface area contributed by atoms with Crippen LogP contribution in [0.5, 0.6) is 0 Å². The summed E-state index contributed by atoms with van der Waals surface area (Å²) < 4.78 is 2.01. The molecule has 0 atom stereocenters. The van der Waals surface area contributed by atoms with E-state index in [2.05, 4.69) is 6.92 Å². The summed E-state index contributed by atoms with van der Waals surface area (Å²) in [6, 6.07) is 16.5. The Balaban J connectivity index is 2.00. The molecule has 0 spiro atoms. The monoisotopic (exact) mass is 354 g/mol. The summed E-state index contributed by atoms with van der Waals surface area (Å²) >= 11 is 5.99. The highest BCUT2D eigenvalue weighted by Gasteiger charge is 2.12. The standard InChI is InChI=1S/C20H19ClN2O2/c1-2-3-12-23-19(15-8-10-17(21)11-9-15)13-18(22-23)14-4-6-16(7-5-14)20(24)25/h4-11,13H,2-3,12H2,1H3,(H,24,25). The zero-order valence-electron chi connectivity index (χ0n) is 13.9. The average Bonchev–Trinajstić information content (AvgIpc) is 3.05. The maximum Gasteiger partial charge on any atom is 0.335 e. The maximum absolute atomic E-state index is 11.0. The molecule has 0 amide bonds. The van der Waals surface area contributed by atoms with Gasteiger partial charge in [-0.2, -0.15) is 5.10 Å². The van der Waals surface area contributed by atoms with E-state index >= 15 is 0 Å². The zero-order chi connectivity index (χ0) is 17.8. The SMILES string of the molecule is CCCCn1nc(-c2ccc(C(=O)O)cc2)cc1-c1ccc(Cl)cc1. The number of aryl methyl sites for hydroxylation is 1. The summed E-state index contributed by atoms with van der Waals surface area (Å²) in [5.74, 6) is -0.929. The molecular formula is C20H19ClN2O2. The molecule has 0 radical (unpaired) electrons. The maximum atomic E-state index is 11.0. The zero-order valence-corrected chi connectivity index (χ0v) is 14.7. The molecule has 1 N–H and O–H groups in total. The Morgan fingerprint density at radius 3 is 2.32 bits per heavy atom. The van der Waals surface area contributed by atoms with Gasteiger partial charge in [-0.05, 0) is 42.3 Å². The lowest BCUT2D eigenvalue weighted by Gasteiger charge is -2.06. The van der Waals surface area contributed by atoms with E-state index in [1.807, 2.05) is 35.0 Å². The van der Waals surface area contributed by atoms with E-state index in [-0.39, 0.29) is 5.56 Å². The third kappa shape index (κ3) is 3.91. The van der Waals surface area contributed by atoms with E-state index in [1.165, 1.54) is 0 Å². The molecule has 0 fully saturated rings. The van der Waals surface area contributed by atoms with Crippen molar-refractivity contribution in [3.05, 3.63) is 65.2 Å². The van der Waals surface area contributed by atoms with Gasteiger partial charge in [0.2, 0.25) is 0 Å². The molecule has 25 heavy (non-hydrogen) atoms. The number of rotatable bonds is 6. The topological polar surface area (TPSA) is 55.1 Å². The molecule has 1 aromatic heterocycles. The Morgan fingerprint density at radius 2 is 1.72 bits per heavy atom. The lowest BCUT2D eigenvalue weighted by molar-refractivity contribution is 0.0697. The van der Waals surface area contributed by atoms with E-state index in [0.717, 1.165) is 41.9 Å². The van der Waals surface area contributed by atoms with E-state index in [4.69, 9.17) is 21.8 Å². The molecule has 0 unspecified atom stereocenters. The lowest BCUT2D eigenvalue weighted by Crippen LogP contribution is -2.02. The second-order valence-corrected chi connectivity index (χ2v) is 6.32. The first-order chi connectivity index (χ1) is 12.1. The normalized spacial score (nSPS) is 10.8. The highest BCUT2D eigenvalue weighted by Crippen LogP contribution is 2.28. The molecule has 4 nitrogen and oxygen atoms in total. The van der Waals surface area contributed by atoms with Crippen LogP contribution in [-0.2, 0) is 6.54 Å². The van der Waals surface area contributed by atoms with E-state index in [9.17, 15) is 4.79 Å². The van der Waals surface area contributed by atoms with Crippen LogP contribution in [0.1, 0.15) is 30.1 Å². The third-order valence-corrected chi connectivity index (χ3v) is 4.32. The Hall–Kier alpha value is -2.59. The van der Waals surface area contributed by atoms with Crippen LogP contribution >= 0.6 is 11.6 Å². The minimum absolute atomic E-state index is 0.270. The van der Waals surface area contributed by atoms with Crippen LogP contribution in [0.3, 0.4) is 0 Å². The van der Waals surface area contributed by atoms with Crippen molar-refractivity contribution in [2.24, 2.45) is 0 Å². The molecule has 128 valence electrons. The molecule has 0 saturated heterocycles. The van der Waals surface area contributed by atoms with Crippen LogP contribution in [0.2, 0.25) is 5.02 Å². The number of carbonyl (C=O) groups is 1. The van der Waals surface area contributed by atoms with Gasteiger partial charge in [0.15, 0.2) is 0 Å². The number of benzene rings is 2. The number of aromatic nitrogens is 2. The molecule has 0 aliphatic heterocycles. The average molecular weight is 355 g/mol. The van der Waals surface area contributed by atoms with Crippen molar-refractivity contribution in [1.82, 2.24) is 9.78 Å². The summed E-state index contributed by atoms with van der Waals surface area (Å²) in [6.07, 6.45) is 2.13. The summed E-state index contributed by atoms with van der Waals surface area (Å²) in [4.78, 5) is 11.0. The molecule has 0 aliphatic carbocycles. The van der Waals surface area contributed by atoms with Gasteiger partial charge in [-0.3, -0.25) is 4.68 Å². The lowest BCUT2D eigenvalue weighted by atomic mass is 10.1. The summed E-state index contributed by atoms with van der Waals surface area (Å²) in [5, 5.41) is 14.5. The number of hydrogen-bond acceptors (Lipinski definition) is 2. The fourth-order valence-corrected chi connectivity index (χ4v) is 2.80. The van der Waals surface area contributed by atoms with Gasteiger partial charge in [0, 0.05) is 17.1 Å². The minimum atomic E-state index is -0.929. The van der Waals surface area contributed by atoms with Crippen molar-refractivity contribution in [1.29, 1.82) is 0 Å². The van der Waals surface area contributed by atoms with Gasteiger partial charge in [0.25, 0.3) is 0 Å². The number of carboxylic acid groups (broad SMARTS) is 1. The van der Waals surface area contributed by atoms with Crippen molar-refractivity contribution in [2.75, 3.05) is 0 Å². The fraction of sp³-hybridized carbons (Fsp3) is 0.200. The molecular weight excluding hydrogens is 336 g/mol. The van der Waals surface area contributed by atoms with Crippen LogP contribution in [0.25, 0.3) is 22.5 Å². The molecule has 3 rings (SSSR count). The summed E-state index contributed by atoms with van der Waals surface area (Å²) in [7, 11) is 0. The Morgan fingerprint density at radius 1 is 1.08 bits per heavy atom. The van der Waals surface area contributed by atoms with Crippen LogP contribution in [0.15, 0.2) is 54.6 Å². The number of unbranched alkanes of at least 4 members (excludes halogenated alkanes) is 1. The van der Waals surface area contributed by atoms with E-state index < -0.39 is 5.97 Å². The van der Waals surface area contributed by atoms with Crippen LogP contribution in [0.4, 0.5) is 0 Å². The highest BCUT2D eigenvalue weighted by atomic mass is 35.5. The number of nitrogens with zero attached hydrogens (tertiary/aromatic N) is 2. The highest BCUT2D eigenvalue weighted by molar-refractivity contribution is 6.30.